The van der Waals surface area contributed by atoms with E-state index in [1.807, 2.05) is 40.7 Å². The van der Waals surface area contributed by atoms with E-state index in [4.69, 9.17) is 9.31 Å². The van der Waals surface area contributed by atoms with E-state index in [1.165, 1.54) is 0 Å². The van der Waals surface area contributed by atoms with Gasteiger partial charge in [-0.1, -0.05) is 25.5 Å². The summed E-state index contributed by atoms with van der Waals surface area (Å²) < 4.78 is 39.2. The van der Waals surface area contributed by atoms with Crippen LogP contribution in [0, 0.1) is 0 Å². The Bertz CT molecular complexity index is 642. The number of rotatable bonds is 6. The summed E-state index contributed by atoms with van der Waals surface area (Å²) in [5, 5.41) is 0. The smallest absolute Gasteiger partial charge is 0.399 e. The molecule has 0 aromatic heterocycles. The Balaban J connectivity index is 2.21. The zero-order valence-electron chi connectivity index (χ0n) is 14.5. The van der Waals surface area contributed by atoms with Crippen LogP contribution in [-0.2, 0) is 19.3 Å². The molecule has 23 heavy (non-hydrogen) atoms. The molecule has 0 atom stereocenters. The molecular formula is C16H26BNO4S. The monoisotopic (exact) mass is 339 g/mol. The van der Waals surface area contributed by atoms with Crippen LogP contribution in [0.3, 0.4) is 0 Å². The minimum Gasteiger partial charge on any atom is -0.399 e. The first-order chi connectivity index (χ1) is 10.6. The molecule has 1 aromatic rings. The molecule has 1 aromatic carbocycles. The maximum atomic E-state index is 12.3. The summed E-state index contributed by atoms with van der Waals surface area (Å²) in [5.41, 5.74) is -0.195. The van der Waals surface area contributed by atoms with Crippen LogP contribution in [0.25, 0.3) is 0 Å². The predicted octanol–water partition coefficient (Wildman–Crippen LogP) is 2.06. The highest BCUT2D eigenvalue weighted by Gasteiger charge is 2.51. The molecule has 2 rings (SSSR count). The lowest BCUT2D eigenvalue weighted by molar-refractivity contribution is 0.00578. The summed E-state index contributed by atoms with van der Waals surface area (Å²) in [4.78, 5) is 0.237. The van der Waals surface area contributed by atoms with Gasteiger partial charge in [0.2, 0.25) is 10.0 Å². The lowest BCUT2D eigenvalue weighted by Gasteiger charge is -2.32. The molecule has 0 saturated carbocycles. The van der Waals surface area contributed by atoms with Crippen molar-refractivity contribution in [2.75, 3.05) is 6.54 Å². The lowest BCUT2D eigenvalue weighted by Crippen LogP contribution is -2.41. The van der Waals surface area contributed by atoms with Gasteiger partial charge in [-0.3, -0.25) is 0 Å². The van der Waals surface area contributed by atoms with Gasteiger partial charge in [-0.15, -0.1) is 0 Å². The van der Waals surface area contributed by atoms with E-state index >= 15 is 0 Å². The van der Waals surface area contributed by atoms with Gasteiger partial charge in [0.05, 0.1) is 16.1 Å². The summed E-state index contributed by atoms with van der Waals surface area (Å²) in [5.74, 6) is 0. The van der Waals surface area contributed by atoms with Crippen LogP contribution in [0.2, 0.25) is 0 Å². The van der Waals surface area contributed by atoms with Crippen molar-refractivity contribution in [3.05, 3.63) is 24.3 Å². The fourth-order valence-corrected chi connectivity index (χ4v) is 3.40. The first-order valence-electron chi connectivity index (χ1n) is 8.04. The number of nitrogens with one attached hydrogen (secondary N) is 1. The molecule has 0 bridgehead atoms. The van der Waals surface area contributed by atoms with Crippen molar-refractivity contribution in [3.8, 4) is 0 Å². The highest BCUT2D eigenvalue weighted by Crippen LogP contribution is 2.36. The quantitative estimate of drug-likeness (QED) is 0.637. The topological polar surface area (TPSA) is 64.6 Å². The molecular weight excluding hydrogens is 313 g/mol. The molecule has 1 saturated heterocycles. The molecule has 0 spiro atoms. The summed E-state index contributed by atoms with van der Waals surface area (Å²) >= 11 is 0. The first-order valence-corrected chi connectivity index (χ1v) is 9.53. The second-order valence-electron chi connectivity index (χ2n) is 6.91. The largest absolute Gasteiger partial charge is 0.494 e. The zero-order chi connectivity index (χ0) is 17.3. The molecule has 0 amide bonds. The van der Waals surface area contributed by atoms with Crippen LogP contribution in [-0.4, -0.2) is 33.3 Å². The molecule has 0 unspecified atom stereocenters. The number of hydrogen-bond donors (Lipinski definition) is 1. The Morgan fingerprint density at radius 2 is 1.74 bits per heavy atom. The van der Waals surface area contributed by atoms with E-state index in [0.29, 0.717) is 12.0 Å². The van der Waals surface area contributed by atoms with Crippen LogP contribution >= 0.6 is 0 Å². The Morgan fingerprint density at radius 3 is 2.30 bits per heavy atom. The van der Waals surface area contributed by atoms with Gasteiger partial charge in [0.25, 0.3) is 0 Å². The molecule has 0 aliphatic carbocycles. The summed E-state index contributed by atoms with van der Waals surface area (Å²) in [6.45, 7) is 10.4. The first kappa shape index (κ1) is 18.5. The van der Waals surface area contributed by atoms with Crippen LogP contribution in [0.5, 0.6) is 0 Å². The Labute approximate surface area is 140 Å². The molecule has 0 radical (unpaired) electrons. The number of sulfonamides is 1. The highest BCUT2D eigenvalue weighted by molar-refractivity contribution is 7.89. The molecule has 1 aliphatic rings. The van der Waals surface area contributed by atoms with Gasteiger partial charge in [0.15, 0.2) is 0 Å². The zero-order valence-corrected chi connectivity index (χ0v) is 15.4. The van der Waals surface area contributed by atoms with Crippen molar-refractivity contribution in [1.82, 2.24) is 4.72 Å². The SMILES string of the molecule is CCCCNS(=O)(=O)c1cccc(B2OC(C)(C)C(C)(C)O2)c1. The van der Waals surface area contributed by atoms with Gasteiger partial charge in [-0.2, -0.15) is 0 Å². The highest BCUT2D eigenvalue weighted by atomic mass is 32.2. The molecule has 1 fully saturated rings. The van der Waals surface area contributed by atoms with Gasteiger partial charge in [-0.25, -0.2) is 13.1 Å². The van der Waals surface area contributed by atoms with Gasteiger partial charge in [0.1, 0.15) is 0 Å². The standard InChI is InChI=1S/C16H26BNO4S/c1-6-7-11-18-23(19,20)14-10-8-9-13(12-14)17-21-15(2,3)16(4,5)22-17/h8-10,12,18H,6-7,11H2,1-5H3. The van der Waals surface area contributed by atoms with Gasteiger partial charge < -0.3 is 9.31 Å². The Hall–Kier alpha value is -0.885. The number of hydrogen-bond acceptors (Lipinski definition) is 4. The fourth-order valence-electron chi connectivity index (χ4n) is 2.27. The molecule has 128 valence electrons. The molecule has 1 N–H and O–H groups in total. The summed E-state index contributed by atoms with van der Waals surface area (Å²) in [7, 11) is -4.07. The van der Waals surface area contributed by atoms with Crippen molar-refractivity contribution in [1.29, 1.82) is 0 Å². The van der Waals surface area contributed by atoms with E-state index in [9.17, 15) is 8.42 Å². The van der Waals surface area contributed by atoms with Crippen LogP contribution < -0.4 is 10.2 Å². The second kappa shape index (κ2) is 6.55. The summed E-state index contributed by atoms with van der Waals surface area (Å²) in [6.07, 6.45) is 1.76. The van der Waals surface area contributed by atoms with Gasteiger partial charge >= 0.3 is 7.12 Å². The third-order valence-corrected chi connectivity index (χ3v) is 5.97. The Kier molecular flexibility index (Phi) is 5.26. The minimum atomic E-state index is -3.50. The second-order valence-corrected chi connectivity index (χ2v) is 8.68. The Morgan fingerprint density at radius 1 is 1.13 bits per heavy atom. The molecule has 1 heterocycles. The summed E-state index contributed by atoms with van der Waals surface area (Å²) in [6, 6.07) is 6.75. The minimum absolute atomic E-state index is 0.237. The average Bonchev–Trinajstić information content (AvgIpc) is 2.68. The van der Waals surface area contributed by atoms with E-state index in [0.717, 1.165) is 12.8 Å². The van der Waals surface area contributed by atoms with E-state index in [1.54, 1.807) is 18.2 Å². The molecule has 5 nitrogen and oxygen atoms in total. The lowest BCUT2D eigenvalue weighted by atomic mass is 9.79. The maximum absolute atomic E-state index is 12.3. The van der Waals surface area contributed by atoms with Crippen LogP contribution in [0.15, 0.2) is 29.2 Å². The predicted molar refractivity (Wildman–Crippen MR) is 92.3 cm³/mol. The fraction of sp³-hybridized carbons (Fsp3) is 0.625. The third kappa shape index (κ3) is 3.96. The van der Waals surface area contributed by atoms with E-state index in [2.05, 4.69) is 4.72 Å². The molecule has 7 heteroatoms. The van der Waals surface area contributed by atoms with Crippen molar-refractivity contribution in [3.63, 3.8) is 0 Å². The number of benzene rings is 1. The van der Waals surface area contributed by atoms with Crippen molar-refractivity contribution >= 4 is 22.6 Å². The average molecular weight is 339 g/mol. The van der Waals surface area contributed by atoms with Crippen molar-refractivity contribution in [2.24, 2.45) is 0 Å². The van der Waals surface area contributed by atoms with Crippen LogP contribution in [0.4, 0.5) is 0 Å². The van der Waals surface area contributed by atoms with Crippen molar-refractivity contribution in [2.45, 2.75) is 63.6 Å². The number of unbranched alkanes of at least 4 members (excludes halogenated alkanes) is 1. The third-order valence-electron chi connectivity index (χ3n) is 4.52. The van der Waals surface area contributed by atoms with Crippen molar-refractivity contribution < 1.29 is 17.7 Å². The normalized spacial score (nSPS) is 20.0. The van der Waals surface area contributed by atoms with Gasteiger partial charge in [0, 0.05) is 6.54 Å². The van der Waals surface area contributed by atoms with Crippen LogP contribution in [0.1, 0.15) is 47.5 Å². The van der Waals surface area contributed by atoms with Gasteiger partial charge in [-0.05, 0) is 51.7 Å². The maximum Gasteiger partial charge on any atom is 0.494 e. The van der Waals surface area contributed by atoms with E-state index in [-0.39, 0.29) is 4.90 Å². The molecule has 1 aliphatic heterocycles. The van der Waals surface area contributed by atoms with E-state index < -0.39 is 28.3 Å².